The van der Waals surface area contributed by atoms with Crippen molar-refractivity contribution < 1.29 is 27.1 Å². The van der Waals surface area contributed by atoms with Crippen LogP contribution in [-0.4, -0.2) is 35.3 Å². The number of hydrogen-bond donors (Lipinski definition) is 2. The summed E-state index contributed by atoms with van der Waals surface area (Å²) in [6.45, 7) is 0.504. The maximum atomic E-state index is 14.2. The van der Waals surface area contributed by atoms with Crippen LogP contribution >= 0.6 is 0 Å². The fourth-order valence-electron chi connectivity index (χ4n) is 3.38. The lowest BCUT2D eigenvalue weighted by atomic mass is 9.90. The van der Waals surface area contributed by atoms with Crippen molar-refractivity contribution in [1.82, 2.24) is 10.2 Å². The van der Waals surface area contributed by atoms with E-state index in [1.165, 1.54) is 11.1 Å². The van der Waals surface area contributed by atoms with Crippen molar-refractivity contribution in [3.05, 3.63) is 46.4 Å². The van der Waals surface area contributed by atoms with Crippen LogP contribution in [-0.2, 0) is 4.79 Å². The van der Waals surface area contributed by atoms with Gasteiger partial charge in [0.1, 0.15) is 6.04 Å². The minimum Gasteiger partial charge on any atom is -0.429 e. The Hall–Kier alpha value is -3.11. The van der Waals surface area contributed by atoms with Crippen molar-refractivity contribution in [2.45, 2.75) is 32.9 Å². The first-order valence-corrected chi connectivity index (χ1v) is 8.62. The first-order valence-electron chi connectivity index (χ1n) is 8.62. The van der Waals surface area contributed by atoms with Crippen molar-refractivity contribution in [2.24, 2.45) is 5.41 Å². The second-order valence-electron chi connectivity index (χ2n) is 7.42. The smallest absolute Gasteiger partial charge is 0.387 e. The average molecular weight is 414 g/mol. The molecule has 0 unspecified atom stereocenters. The van der Waals surface area contributed by atoms with Crippen LogP contribution in [0.1, 0.15) is 20.3 Å². The summed E-state index contributed by atoms with van der Waals surface area (Å²) in [6.07, 6.45) is 1.52. The van der Waals surface area contributed by atoms with E-state index in [4.69, 9.17) is 0 Å². The molecule has 1 aromatic carbocycles. The Morgan fingerprint density at radius 2 is 2.10 bits per heavy atom. The van der Waals surface area contributed by atoms with Crippen molar-refractivity contribution in [1.29, 1.82) is 0 Å². The van der Waals surface area contributed by atoms with Crippen molar-refractivity contribution in [3.63, 3.8) is 0 Å². The van der Waals surface area contributed by atoms with E-state index in [0.29, 0.717) is 6.42 Å². The van der Waals surface area contributed by atoms with Crippen molar-refractivity contribution in [3.8, 4) is 5.75 Å². The number of H-pyrrole nitrogens is 1. The van der Waals surface area contributed by atoms with Gasteiger partial charge in [-0.15, -0.1) is 0 Å². The molecule has 0 bridgehead atoms. The van der Waals surface area contributed by atoms with Gasteiger partial charge in [-0.3, -0.25) is 9.59 Å². The summed E-state index contributed by atoms with van der Waals surface area (Å²) in [5.74, 6) is -4.44. The molecule has 1 aliphatic rings. The highest BCUT2D eigenvalue weighted by Gasteiger charge is 2.43. The molecule has 1 fully saturated rings. The number of carbonyl (C=O) groups is 1. The lowest BCUT2D eigenvalue weighted by Crippen LogP contribution is -2.40. The number of rotatable bonds is 5. The molecule has 29 heavy (non-hydrogen) atoms. The Labute approximate surface area is 162 Å². The fourth-order valence-corrected chi connectivity index (χ4v) is 3.38. The number of hydrogen-bond acceptors (Lipinski definition) is 5. The molecule has 0 radical (unpaired) electrons. The second-order valence-corrected chi connectivity index (χ2v) is 7.42. The Morgan fingerprint density at radius 3 is 2.76 bits per heavy atom. The van der Waals surface area contributed by atoms with Crippen LogP contribution in [0.5, 0.6) is 5.75 Å². The van der Waals surface area contributed by atoms with Gasteiger partial charge >= 0.3 is 6.61 Å². The lowest BCUT2D eigenvalue weighted by Gasteiger charge is -2.28. The molecule has 2 heterocycles. The maximum Gasteiger partial charge on any atom is 0.387 e. The van der Waals surface area contributed by atoms with Crippen molar-refractivity contribution >= 4 is 17.3 Å². The molecule has 1 aromatic heterocycles. The number of benzene rings is 1. The molecular formula is C18H18F4N4O3. The molecule has 0 saturated carbocycles. The van der Waals surface area contributed by atoms with Gasteiger partial charge in [0.05, 0.1) is 17.6 Å². The summed E-state index contributed by atoms with van der Waals surface area (Å²) in [5.41, 5.74) is -1.00. The Bertz CT molecular complexity index is 980. The third-order valence-corrected chi connectivity index (χ3v) is 4.50. The second kappa shape index (κ2) is 7.72. The van der Waals surface area contributed by atoms with Gasteiger partial charge in [-0.1, -0.05) is 13.8 Å². The van der Waals surface area contributed by atoms with E-state index < -0.39 is 46.9 Å². The Kier molecular flexibility index (Phi) is 5.49. The van der Waals surface area contributed by atoms with Gasteiger partial charge in [0.2, 0.25) is 11.7 Å². The summed E-state index contributed by atoms with van der Waals surface area (Å²) in [4.78, 5) is 25.6. The van der Waals surface area contributed by atoms with Gasteiger partial charge in [-0.05, 0) is 24.0 Å². The molecular weight excluding hydrogens is 396 g/mol. The number of nitrogens with one attached hydrogen (secondary N) is 2. The average Bonchev–Trinajstić information content (AvgIpc) is 2.94. The minimum atomic E-state index is -3.38. The minimum absolute atomic E-state index is 0.137. The molecule has 3 rings (SSSR count). The van der Waals surface area contributed by atoms with Crippen LogP contribution in [0.15, 0.2) is 29.2 Å². The third kappa shape index (κ3) is 4.49. The SMILES string of the molecule is CC1(C)C[C@H](C(=O)Nc2cn[nH]c(=O)c2)N(c2ccc(F)c(F)c2OC(F)F)C1. The normalized spacial score (nSPS) is 18.2. The van der Waals surface area contributed by atoms with Gasteiger partial charge in [-0.2, -0.15) is 18.3 Å². The molecule has 0 aliphatic carbocycles. The molecule has 2 aromatic rings. The van der Waals surface area contributed by atoms with Crippen LogP contribution in [0.3, 0.4) is 0 Å². The number of ether oxygens (including phenoxy) is 1. The first kappa shape index (κ1) is 20.6. The topological polar surface area (TPSA) is 87.3 Å². The zero-order chi connectivity index (χ0) is 21.3. The van der Waals surface area contributed by atoms with E-state index >= 15 is 0 Å². The summed E-state index contributed by atoms with van der Waals surface area (Å²) >= 11 is 0. The van der Waals surface area contributed by atoms with E-state index in [0.717, 1.165) is 18.2 Å². The zero-order valence-electron chi connectivity index (χ0n) is 15.5. The summed E-state index contributed by atoms with van der Waals surface area (Å²) < 4.78 is 57.6. The van der Waals surface area contributed by atoms with E-state index in [1.807, 2.05) is 13.8 Å². The van der Waals surface area contributed by atoms with Gasteiger partial charge < -0.3 is 15.0 Å². The quantitative estimate of drug-likeness (QED) is 0.735. The van der Waals surface area contributed by atoms with Gasteiger partial charge in [0, 0.05) is 12.6 Å². The highest BCUT2D eigenvalue weighted by Crippen LogP contribution is 2.43. The molecule has 1 saturated heterocycles. The highest BCUT2D eigenvalue weighted by atomic mass is 19.3. The summed E-state index contributed by atoms with van der Waals surface area (Å²) in [6, 6.07) is 2.09. The summed E-state index contributed by atoms with van der Waals surface area (Å²) in [5, 5.41) is 8.27. The lowest BCUT2D eigenvalue weighted by molar-refractivity contribution is -0.117. The predicted molar refractivity (Wildman–Crippen MR) is 96.0 cm³/mol. The number of amides is 1. The summed E-state index contributed by atoms with van der Waals surface area (Å²) in [7, 11) is 0. The van der Waals surface area contributed by atoms with Crippen LogP contribution in [0.2, 0.25) is 0 Å². The number of carbonyl (C=O) groups excluding carboxylic acids is 1. The fraction of sp³-hybridized carbons (Fsp3) is 0.389. The van der Waals surface area contributed by atoms with E-state index in [9.17, 15) is 27.2 Å². The molecule has 11 heteroatoms. The molecule has 2 N–H and O–H groups in total. The van der Waals surface area contributed by atoms with Crippen LogP contribution in [0, 0.1) is 17.0 Å². The maximum absolute atomic E-state index is 14.2. The molecule has 156 valence electrons. The van der Waals surface area contributed by atoms with Crippen molar-refractivity contribution in [2.75, 3.05) is 16.8 Å². The van der Waals surface area contributed by atoms with Gasteiger partial charge in [-0.25, -0.2) is 9.49 Å². The van der Waals surface area contributed by atoms with Gasteiger partial charge in [0.15, 0.2) is 11.6 Å². The molecule has 7 nitrogen and oxygen atoms in total. The van der Waals surface area contributed by atoms with Crippen LogP contribution in [0.25, 0.3) is 0 Å². The number of halogens is 4. The largest absolute Gasteiger partial charge is 0.429 e. The Morgan fingerprint density at radius 1 is 1.38 bits per heavy atom. The number of nitrogens with zero attached hydrogens (tertiary/aromatic N) is 2. The Balaban J connectivity index is 1.97. The molecule has 1 atom stereocenters. The zero-order valence-corrected chi connectivity index (χ0v) is 15.5. The standard InChI is InChI=1S/C18H18F4N4O3/c1-18(2)6-12(16(28)24-9-5-13(27)25-23-7-9)26(8-18)11-4-3-10(19)14(20)15(11)29-17(21)22/h3-5,7,12,17H,6,8H2,1-2H3,(H2,24,25,27,28)/t12-/m1/s1. The molecule has 1 amide bonds. The monoisotopic (exact) mass is 414 g/mol. The molecule has 1 aliphatic heterocycles. The van der Waals surface area contributed by atoms with E-state index in [2.05, 4.69) is 20.3 Å². The van der Waals surface area contributed by atoms with E-state index in [-0.39, 0.29) is 17.9 Å². The highest BCUT2D eigenvalue weighted by molar-refractivity contribution is 5.97. The van der Waals surface area contributed by atoms with Crippen LogP contribution in [0.4, 0.5) is 28.9 Å². The van der Waals surface area contributed by atoms with Crippen LogP contribution < -0.4 is 20.5 Å². The third-order valence-electron chi connectivity index (χ3n) is 4.50. The van der Waals surface area contributed by atoms with E-state index in [1.54, 1.807) is 0 Å². The number of aromatic nitrogens is 2. The number of aromatic amines is 1. The first-order chi connectivity index (χ1) is 13.6. The predicted octanol–water partition coefficient (Wildman–Crippen LogP) is 2.89. The molecule has 0 spiro atoms. The number of anilines is 2. The number of alkyl halides is 2. The van der Waals surface area contributed by atoms with Gasteiger partial charge in [0.25, 0.3) is 5.56 Å².